The second kappa shape index (κ2) is 12.4. The van der Waals surface area contributed by atoms with Gasteiger partial charge in [0.05, 0.1) is 29.3 Å². The Morgan fingerprint density at radius 1 is 0.917 bits per heavy atom. The SMILES string of the molecule is Cc1cccc(COC[C@H](Cc2ccccc2)N2CCN(C(=O)c3ccc(Cl)c(Cl)c3)CCC2=O)c1. The normalized spacial score (nSPS) is 15.0. The first kappa shape index (κ1) is 26.2. The van der Waals surface area contributed by atoms with Gasteiger partial charge in [0.25, 0.3) is 5.91 Å². The number of aryl methyl sites for hydroxylation is 1. The van der Waals surface area contributed by atoms with E-state index in [0.29, 0.717) is 54.9 Å². The van der Waals surface area contributed by atoms with Gasteiger partial charge in [-0.25, -0.2) is 0 Å². The van der Waals surface area contributed by atoms with Gasteiger partial charge in [-0.15, -0.1) is 0 Å². The molecular weight excluding hydrogens is 495 g/mol. The lowest BCUT2D eigenvalue weighted by molar-refractivity contribution is -0.134. The average molecular weight is 525 g/mol. The highest BCUT2D eigenvalue weighted by Gasteiger charge is 2.29. The Hall–Kier alpha value is -2.86. The number of halogens is 2. The van der Waals surface area contributed by atoms with Gasteiger partial charge in [-0.3, -0.25) is 9.59 Å². The Kier molecular flexibility index (Phi) is 9.03. The molecule has 1 heterocycles. The lowest BCUT2D eigenvalue weighted by Crippen LogP contribution is -2.45. The summed E-state index contributed by atoms with van der Waals surface area (Å²) < 4.78 is 6.12. The third-order valence-corrected chi connectivity index (χ3v) is 7.14. The maximum atomic E-state index is 13.2. The molecule has 3 aromatic carbocycles. The molecule has 0 unspecified atom stereocenters. The van der Waals surface area contributed by atoms with E-state index >= 15 is 0 Å². The standard InChI is InChI=1S/C29H30Cl2N2O3/c1-21-6-5-9-23(16-21)19-36-20-25(17-22-7-3-2-4-8-22)33-15-14-32(13-12-28(33)34)29(35)24-10-11-26(30)27(31)18-24/h2-11,16,18,25H,12-15,17,19-20H2,1H3/t25-/m0/s1. The second-order valence-corrected chi connectivity index (χ2v) is 9.92. The van der Waals surface area contributed by atoms with Crippen molar-refractivity contribution in [1.29, 1.82) is 0 Å². The summed E-state index contributed by atoms with van der Waals surface area (Å²) in [6, 6.07) is 23.1. The number of nitrogens with zero attached hydrogens (tertiary/aromatic N) is 2. The van der Waals surface area contributed by atoms with E-state index < -0.39 is 0 Å². The van der Waals surface area contributed by atoms with E-state index in [9.17, 15) is 9.59 Å². The van der Waals surface area contributed by atoms with Gasteiger partial charge in [0.2, 0.25) is 5.91 Å². The van der Waals surface area contributed by atoms with Gasteiger partial charge in [0.15, 0.2) is 0 Å². The predicted octanol–water partition coefficient (Wildman–Crippen LogP) is 5.80. The molecule has 188 valence electrons. The van der Waals surface area contributed by atoms with Gasteiger partial charge in [-0.05, 0) is 42.7 Å². The zero-order valence-corrected chi connectivity index (χ0v) is 21.8. The fourth-order valence-electron chi connectivity index (χ4n) is 4.50. The topological polar surface area (TPSA) is 49.9 Å². The van der Waals surface area contributed by atoms with Crippen molar-refractivity contribution < 1.29 is 14.3 Å². The third-order valence-electron chi connectivity index (χ3n) is 6.40. The lowest BCUT2D eigenvalue weighted by Gasteiger charge is -2.31. The Labute approximate surface area is 222 Å². The summed E-state index contributed by atoms with van der Waals surface area (Å²) >= 11 is 12.1. The molecule has 4 rings (SSSR count). The number of amides is 2. The second-order valence-electron chi connectivity index (χ2n) is 9.11. The van der Waals surface area contributed by atoms with Gasteiger partial charge in [0, 0.05) is 31.6 Å². The Bertz CT molecular complexity index is 1200. The summed E-state index contributed by atoms with van der Waals surface area (Å²) in [4.78, 5) is 29.9. The van der Waals surface area contributed by atoms with E-state index in [1.807, 2.05) is 35.2 Å². The minimum Gasteiger partial charge on any atom is -0.375 e. The highest BCUT2D eigenvalue weighted by atomic mass is 35.5. The minimum absolute atomic E-state index is 0.0273. The molecule has 1 fully saturated rings. The summed E-state index contributed by atoms with van der Waals surface area (Å²) in [7, 11) is 0. The van der Waals surface area contributed by atoms with Crippen LogP contribution in [0.25, 0.3) is 0 Å². The molecule has 0 N–H and O–H groups in total. The van der Waals surface area contributed by atoms with Crippen molar-refractivity contribution in [3.8, 4) is 0 Å². The number of benzene rings is 3. The van der Waals surface area contributed by atoms with Crippen LogP contribution in [0.5, 0.6) is 0 Å². The van der Waals surface area contributed by atoms with Gasteiger partial charge in [0.1, 0.15) is 0 Å². The van der Waals surface area contributed by atoms with Crippen molar-refractivity contribution in [1.82, 2.24) is 9.80 Å². The number of rotatable bonds is 8. The van der Waals surface area contributed by atoms with Gasteiger partial charge in [-0.2, -0.15) is 0 Å². The number of carbonyl (C=O) groups excluding carboxylic acids is 2. The lowest BCUT2D eigenvalue weighted by atomic mass is 10.0. The third kappa shape index (κ3) is 6.88. The first-order chi connectivity index (χ1) is 17.4. The fraction of sp³-hybridized carbons (Fsp3) is 0.310. The average Bonchev–Trinajstić information content (AvgIpc) is 3.07. The van der Waals surface area contributed by atoms with Gasteiger partial charge >= 0.3 is 0 Å². The zero-order chi connectivity index (χ0) is 25.5. The highest BCUT2D eigenvalue weighted by molar-refractivity contribution is 6.42. The number of hydrogen-bond donors (Lipinski definition) is 0. The van der Waals surface area contributed by atoms with Crippen molar-refractivity contribution in [2.45, 2.75) is 32.4 Å². The molecule has 0 spiro atoms. The molecule has 3 aromatic rings. The summed E-state index contributed by atoms with van der Waals surface area (Å²) in [5.74, 6) is -0.127. The summed E-state index contributed by atoms with van der Waals surface area (Å²) in [5.41, 5.74) is 3.90. The molecule has 7 heteroatoms. The van der Waals surface area contributed by atoms with Crippen LogP contribution in [0.2, 0.25) is 10.0 Å². The van der Waals surface area contributed by atoms with E-state index in [1.54, 1.807) is 23.1 Å². The molecule has 2 amide bonds. The van der Waals surface area contributed by atoms with Crippen molar-refractivity contribution in [3.05, 3.63) is 105 Å². The van der Waals surface area contributed by atoms with Crippen molar-refractivity contribution >= 4 is 35.0 Å². The fourth-order valence-corrected chi connectivity index (χ4v) is 4.80. The van der Waals surface area contributed by atoms with Crippen molar-refractivity contribution in [3.63, 3.8) is 0 Å². The summed E-state index contributed by atoms with van der Waals surface area (Å²) in [5, 5.41) is 0.739. The van der Waals surface area contributed by atoms with Gasteiger partial charge in [-0.1, -0.05) is 83.4 Å². The quantitative estimate of drug-likeness (QED) is 0.373. The molecular formula is C29H30Cl2N2O3. The first-order valence-electron chi connectivity index (χ1n) is 12.1. The van der Waals surface area contributed by atoms with Crippen LogP contribution in [-0.2, 0) is 22.6 Å². The van der Waals surface area contributed by atoms with Crippen LogP contribution in [-0.4, -0.2) is 53.9 Å². The van der Waals surface area contributed by atoms with Crippen LogP contribution < -0.4 is 0 Å². The molecule has 1 saturated heterocycles. The Balaban J connectivity index is 1.46. The minimum atomic E-state index is -0.154. The van der Waals surface area contributed by atoms with Crippen LogP contribution in [0.1, 0.15) is 33.5 Å². The Morgan fingerprint density at radius 3 is 2.44 bits per heavy atom. The molecule has 36 heavy (non-hydrogen) atoms. The van der Waals surface area contributed by atoms with Crippen molar-refractivity contribution in [2.24, 2.45) is 0 Å². The van der Waals surface area contributed by atoms with E-state index in [1.165, 1.54) is 5.56 Å². The molecule has 0 radical (unpaired) electrons. The Morgan fingerprint density at radius 2 is 1.69 bits per heavy atom. The van der Waals surface area contributed by atoms with Gasteiger partial charge < -0.3 is 14.5 Å². The van der Waals surface area contributed by atoms with E-state index in [-0.39, 0.29) is 24.3 Å². The largest absolute Gasteiger partial charge is 0.375 e. The van der Waals surface area contributed by atoms with Crippen LogP contribution in [0.3, 0.4) is 0 Å². The number of carbonyl (C=O) groups is 2. The molecule has 0 saturated carbocycles. The molecule has 1 aliphatic rings. The molecule has 0 aliphatic carbocycles. The molecule has 1 atom stereocenters. The summed E-state index contributed by atoms with van der Waals surface area (Å²) in [6.45, 7) is 4.19. The molecule has 0 aromatic heterocycles. The van der Waals surface area contributed by atoms with Crippen LogP contribution in [0.4, 0.5) is 0 Å². The van der Waals surface area contributed by atoms with Crippen molar-refractivity contribution in [2.75, 3.05) is 26.2 Å². The van der Waals surface area contributed by atoms with E-state index in [2.05, 4.69) is 31.2 Å². The maximum absolute atomic E-state index is 13.2. The highest BCUT2D eigenvalue weighted by Crippen LogP contribution is 2.24. The van der Waals surface area contributed by atoms with Crippen LogP contribution in [0.15, 0.2) is 72.8 Å². The maximum Gasteiger partial charge on any atom is 0.253 e. The predicted molar refractivity (Wildman–Crippen MR) is 143 cm³/mol. The van der Waals surface area contributed by atoms with Crippen LogP contribution >= 0.6 is 23.2 Å². The number of ether oxygens (including phenoxy) is 1. The smallest absolute Gasteiger partial charge is 0.253 e. The van der Waals surface area contributed by atoms with Crippen LogP contribution in [0, 0.1) is 6.92 Å². The molecule has 5 nitrogen and oxygen atoms in total. The van der Waals surface area contributed by atoms with E-state index in [0.717, 1.165) is 11.1 Å². The monoisotopic (exact) mass is 524 g/mol. The molecule has 1 aliphatic heterocycles. The number of hydrogen-bond acceptors (Lipinski definition) is 3. The first-order valence-corrected chi connectivity index (χ1v) is 12.9. The summed E-state index contributed by atoms with van der Waals surface area (Å²) in [6.07, 6.45) is 0.942. The van der Waals surface area contributed by atoms with E-state index in [4.69, 9.17) is 27.9 Å². The molecule has 0 bridgehead atoms. The zero-order valence-electron chi connectivity index (χ0n) is 20.3.